The average molecular weight is 924 g/mol. The van der Waals surface area contributed by atoms with Crippen molar-refractivity contribution in [2.75, 3.05) is 0 Å². The summed E-state index contributed by atoms with van der Waals surface area (Å²) in [5.74, 6) is -1.86. The minimum absolute atomic E-state index is 0.00377. The van der Waals surface area contributed by atoms with Crippen molar-refractivity contribution < 1.29 is 15.6 Å². The summed E-state index contributed by atoms with van der Waals surface area (Å²) in [5.41, 5.74) is 18.6. The number of unbranched alkanes of at least 4 members (excludes halogenated alkanes) is 6. The van der Waals surface area contributed by atoms with Crippen molar-refractivity contribution in [2.24, 2.45) is 0 Å². The van der Waals surface area contributed by atoms with Gasteiger partial charge in [-0.05, 0) is 0 Å². The number of rotatable bonds is 17. The van der Waals surface area contributed by atoms with Crippen LogP contribution in [0.5, 0.6) is 0 Å². The van der Waals surface area contributed by atoms with E-state index < -0.39 is 21.5 Å². The first-order valence-electron chi connectivity index (χ1n) is 22.8. The van der Waals surface area contributed by atoms with E-state index in [4.69, 9.17) is 0 Å². The van der Waals surface area contributed by atoms with Crippen LogP contribution in [0.25, 0.3) is 56.7 Å². The average Bonchev–Trinajstić information content (AvgIpc) is 3.88. The molecule has 0 aliphatic heterocycles. The van der Waals surface area contributed by atoms with Gasteiger partial charge < -0.3 is 0 Å². The maximum absolute atomic E-state index is 9.34. The number of halogens is 2. The molecule has 6 aromatic carbocycles. The molecule has 2 aliphatic carbocycles. The van der Waals surface area contributed by atoms with Crippen molar-refractivity contribution in [2.45, 2.75) is 98.4 Å². The Morgan fingerprint density at radius 3 is 1.05 bits per heavy atom. The van der Waals surface area contributed by atoms with Gasteiger partial charge in [0.05, 0.1) is 0 Å². The molecule has 2 unspecified atom stereocenters. The topological polar surface area (TPSA) is 0 Å². The molecule has 0 saturated carbocycles. The normalized spacial score (nSPS) is 16.6. The van der Waals surface area contributed by atoms with Crippen LogP contribution in [0, 0.1) is 0 Å². The van der Waals surface area contributed by atoms with Crippen LogP contribution in [-0.4, -0.2) is 5.92 Å². The fraction of sp³-hybridized carbons (Fsp3) is 0.286. The van der Waals surface area contributed by atoms with E-state index >= 15 is 0 Å². The molecule has 0 saturated heterocycles. The number of hydrogen-bond donors (Lipinski definition) is 0. The van der Waals surface area contributed by atoms with Crippen LogP contribution in [0.1, 0.15) is 108 Å². The van der Waals surface area contributed by atoms with Crippen LogP contribution in [-0.2, 0) is 15.6 Å². The number of benzene rings is 6. The van der Waals surface area contributed by atoms with Crippen LogP contribution in [0.2, 0.25) is 13.1 Å². The molecule has 4 heteroatoms. The van der Waals surface area contributed by atoms with Gasteiger partial charge in [0.1, 0.15) is 0 Å². The molecule has 6 aromatic rings. The van der Waals surface area contributed by atoms with Gasteiger partial charge in [-0.3, -0.25) is 0 Å². The van der Waals surface area contributed by atoms with E-state index in [9.17, 15) is 17.0 Å². The third-order valence-corrected chi connectivity index (χ3v) is 65.5. The Labute approximate surface area is 369 Å². The zero-order chi connectivity index (χ0) is 41.7. The summed E-state index contributed by atoms with van der Waals surface area (Å²) in [6.07, 6.45) is 16.9. The maximum atomic E-state index is 9.34. The van der Waals surface area contributed by atoms with Gasteiger partial charge in [-0.15, -0.1) is 0 Å². The summed E-state index contributed by atoms with van der Waals surface area (Å²) in [6.45, 7) is 9.67. The first-order chi connectivity index (χ1) is 29.3. The molecule has 0 amide bonds. The van der Waals surface area contributed by atoms with Crippen molar-refractivity contribution in [1.82, 2.24) is 0 Å². The summed E-state index contributed by atoms with van der Waals surface area (Å²) in [6, 6.07) is 53.7. The molecule has 0 fully saturated rings. The third kappa shape index (κ3) is 8.13. The van der Waals surface area contributed by atoms with Gasteiger partial charge in [-0.25, -0.2) is 0 Å². The van der Waals surface area contributed by atoms with E-state index in [2.05, 4.69) is 185 Å². The summed E-state index contributed by atoms with van der Waals surface area (Å²) in [7, 11) is 18.7. The van der Waals surface area contributed by atoms with Gasteiger partial charge in [0.2, 0.25) is 0 Å². The fourth-order valence-corrected chi connectivity index (χ4v) is 41.9. The Bertz CT molecular complexity index is 2300. The summed E-state index contributed by atoms with van der Waals surface area (Å²) in [4.78, 5) is 0. The van der Waals surface area contributed by atoms with Gasteiger partial charge in [-0.1, -0.05) is 0 Å². The van der Waals surface area contributed by atoms with Crippen LogP contribution < -0.4 is 0 Å². The fourth-order valence-electron chi connectivity index (χ4n) is 10.6. The Kier molecular flexibility index (Phi) is 13.5. The zero-order valence-corrected chi connectivity index (χ0v) is 41.2. The standard InChI is InChI=1S/2C27H27.C2H7Si.2ClH.Zr/c2*1-2-3-4-7-12-21-19-26-24(22-13-8-5-9-14-22)17-18-25(27(26)20-21)23-15-10-6-11-16-23;1-3-2;;;/h2*5-6,8-11,13-20H,2-4,7,12H2,1H3;3H,1-2H3;2*1H;/q;;;;;+2/p-2. The number of hydrogen-bond acceptors (Lipinski definition) is 0. The first-order valence-corrected chi connectivity index (χ1v) is 39.1. The molecule has 0 heterocycles. The molecule has 0 N–H and O–H groups in total. The molecule has 307 valence electrons. The van der Waals surface area contributed by atoms with Gasteiger partial charge in [0.15, 0.2) is 0 Å². The molecule has 0 spiro atoms. The predicted molar refractivity (Wildman–Crippen MR) is 264 cm³/mol. The van der Waals surface area contributed by atoms with E-state index in [0.717, 1.165) is 25.7 Å². The summed E-state index contributed by atoms with van der Waals surface area (Å²) in [5, 5.41) is 0. The number of fused-ring (bicyclic) bond motifs is 2. The molecule has 8 rings (SSSR count). The van der Waals surface area contributed by atoms with Crippen LogP contribution in [0.4, 0.5) is 0 Å². The van der Waals surface area contributed by atoms with E-state index in [1.54, 1.807) is 0 Å². The molecular formula is C56H61Cl2SiZr. The molecular weight excluding hydrogens is 863 g/mol. The van der Waals surface area contributed by atoms with Crippen molar-refractivity contribution in [1.29, 1.82) is 0 Å². The van der Waals surface area contributed by atoms with Crippen molar-refractivity contribution >= 4 is 35.1 Å². The Morgan fingerprint density at radius 1 is 0.417 bits per heavy atom. The Morgan fingerprint density at radius 2 is 0.733 bits per heavy atom. The van der Waals surface area contributed by atoms with Gasteiger partial charge >= 0.3 is 373 Å². The first kappa shape index (κ1) is 43.1. The quantitative estimate of drug-likeness (QED) is 0.0632. The van der Waals surface area contributed by atoms with E-state index in [1.807, 2.05) is 0 Å². The molecule has 2 atom stereocenters. The van der Waals surface area contributed by atoms with Crippen molar-refractivity contribution in [3.8, 4) is 44.5 Å². The van der Waals surface area contributed by atoms with Crippen molar-refractivity contribution in [3.63, 3.8) is 0 Å². The second kappa shape index (κ2) is 18.8. The SMILES string of the molecule is CCCCCCC1=Cc2c(-c3ccccc3)ccc(-c3ccccc3)c2[CH]1[Zr]([Cl])([Cl])([CH]1C(CCCCCC)=Cc2c(-c3ccccc3)ccc(-c3ccccc3)c21)[SiH](C)C. The van der Waals surface area contributed by atoms with Crippen LogP contribution in [0.3, 0.4) is 0 Å². The molecule has 2 aliphatic rings. The van der Waals surface area contributed by atoms with E-state index in [0.29, 0.717) is 0 Å². The minimum atomic E-state index is -5.29. The third-order valence-electron chi connectivity index (χ3n) is 13.7. The molecule has 0 nitrogen and oxygen atoms in total. The number of allylic oxidation sites excluding steroid dienone is 2. The molecule has 0 aromatic heterocycles. The monoisotopic (exact) mass is 921 g/mol. The Hall–Kier alpha value is -3.52. The predicted octanol–water partition coefficient (Wildman–Crippen LogP) is 17.9. The van der Waals surface area contributed by atoms with Gasteiger partial charge in [0.25, 0.3) is 0 Å². The summed E-state index contributed by atoms with van der Waals surface area (Å²) >= 11 is -5.29. The summed E-state index contributed by atoms with van der Waals surface area (Å²) < 4.78 is -0.00753. The molecule has 60 heavy (non-hydrogen) atoms. The second-order valence-corrected chi connectivity index (χ2v) is 60.3. The van der Waals surface area contributed by atoms with Gasteiger partial charge in [0, 0.05) is 0 Å². The van der Waals surface area contributed by atoms with E-state index in [-0.39, 0.29) is 7.25 Å². The van der Waals surface area contributed by atoms with Gasteiger partial charge in [-0.2, -0.15) is 0 Å². The Balaban J connectivity index is 1.45. The second-order valence-electron chi connectivity index (χ2n) is 17.7. The van der Waals surface area contributed by atoms with E-state index in [1.165, 1.54) is 116 Å². The molecule has 0 bridgehead atoms. The van der Waals surface area contributed by atoms with Crippen LogP contribution >= 0.6 is 17.0 Å². The van der Waals surface area contributed by atoms with Crippen LogP contribution in [0.15, 0.2) is 157 Å². The van der Waals surface area contributed by atoms with Crippen molar-refractivity contribution in [3.05, 3.63) is 179 Å². The zero-order valence-electron chi connectivity index (χ0n) is 36.1. The molecule has 0 radical (unpaired) electrons.